The van der Waals surface area contributed by atoms with E-state index in [0.717, 1.165) is 12.2 Å². The van der Waals surface area contributed by atoms with E-state index < -0.39 is 11.9 Å². The minimum Gasteiger partial charge on any atom is -0.478 e. The first-order valence-corrected chi connectivity index (χ1v) is 5.07. The highest BCUT2D eigenvalue weighted by Gasteiger charge is 2.03. The molecule has 0 aliphatic rings. The van der Waals surface area contributed by atoms with Crippen LogP contribution in [0.3, 0.4) is 0 Å². The van der Waals surface area contributed by atoms with Gasteiger partial charge in [0.2, 0.25) is 5.91 Å². The van der Waals surface area contributed by atoms with Crippen LogP contribution in [0.5, 0.6) is 0 Å². The van der Waals surface area contributed by atoms with Crippen LogP contribution < -0.4 is 10.6 Å². The summed E-state index contributed by atoms with van der Waals surface area (Å²) in [5, 5.41) is 13.3. The fourth-order valence-electron chi connectivity index (χ4n) is 1.18. The van der Waals surface area contributed by atoms with Crippen molar-refractivity contribution in [2.24, 2.45) is 0 Å². The van der Waals surface area contributed by atoms with Crippen molar-refractivity contribution < 1.29 is 19.5 Å². The Balaban J connectivity index is 2.66. The zero-order valence-electron chi connectivity index (χ0n) is 9.64. The van der Waals surface area contributed by atoms with Crippen LogP contribution in [0.1, 0.15) is 10.4 Å². The van der Waals surface area contributed by atoms with E-state index in [9.17, 15) is 14.4 Å². The molecule has 0 bridgehead atoms. The van der Waals surface area contributed by atoms with Gasteiger partial charge >= 0.3 is 5.97 Å². The molecule has 0 aliphatic carbocycles. The molecule has 0 aliphatic heterocycles. The lowest BCUT2D eigenvalue weighted by molar-refractivity contribution is -0.131. The normalized spacial score (nSPS) is 10.1. The second kappa shape index (κ2) is 6.19. The van der Waals surface area contributed by atoms with Gasteiger partial charge in [-0.2, -0.15) is 0 Å². The first-order valence-electron chi connectivity index (χ1n) is 5.07. The van der Waals surface area contributed by atoms with Crippen LogP contribution in [-0.4, -0.2) is 29.9 Å². The fraction of sp³-hybridized carbons (Fsp3) is 0.0833. The van der Waals surface area contributed by atoms with Crippen molar-refractivity contribution in [2.45, 2.75) is 0 Å². The molecule has 0 heterocycles. The largest absolute Gasteiger partial charge is 0.478 e. The van der Waals surface area contributed by atoms with E-state index in [4.69, 9.17) is 5.11 Å². The second-order valence-corrected chi connectivity index (χ2v) is 3.32. The predicted octanol–water partition coefficient (Wildman–Crippen LogP) is 0.625. The maximum Gasteiger partial charge on any atom is 0.328 e. The number of aliphatic carboxylic acids is 1. The molecule has 6 heteroatoms. The molecule has 6 nitrogen and oxygen atoms in total. The molecule has 94 valence electrons. The molecule has 0 atom stereocenters. The quantitative estimate of drug-likeness (QED) is 0.681. The van der Waals surface area contributed by atoms with Crippen molar-refractivity contribution in [1.82, 2.24) is 5.32 Å². The van der Waals surface area contributed by atoms with Crippen LogP contribution in [0, 0.1) is 0 Å². The van der Waals surface area contributed by atoms with E-state index in [1.54, 1.807) is 24.3 Å². The standard InChI is InChI=1S/C12H12N2O4/c1-13-12(18)8-2-4-9(5-3-8)14-10(15)6-7-11(16)17/h2-7H,1H3,(H,13,18)(H,14,15)(H,16,17)/b7-6+. The van der Waals surface area contributed by atoms with Crippen molar-refractivity contribution in [3.05, 3.63) is 42.0 Å². The van der Waals surface area contributed by atoms with Gasteiger partial charge in [-0.3, -0.25) is 9.59 Å². The third-order valence-corrected chi connectivity index (χ3v) is 2.02. The lowest BCUT2D eigenvalue weighted by atomic mass is 10.2. The molecular weight excluding hydrogens is 236 g/mol. The summed E-state index contributed by atoms with van der Waals surface area (Å²) < 4.78 is 0. The summed E-state index contributed by atoms with van der Waals surface area (Å²) in [5.41, 5.74) is 0.944. The number of benzene rings is 1. The van der Waals surface area contributed by atoms with E-state index in [1.807, 2.05) is 0 Å². The SMILES string of the molecule is CNC(=O)c1ccc(NC(=O)/C=C/C(=O)O)cc1. The minimum absolute atomic E-state index is 0.223. The summed E-state index contributed by atoms with van der Waals surface area (Å²) in [6.07, 6.45) is 1.66. The number of carbonyl (C=O) groups excluding carboxylic acids is 2. The molecule has 0 unspecified atom stereocenters. The molecule has 0 radical (unpaired) electrons. The molecule has 0 saturated heterocycles. The summed E-state index contributed by atoms with van der Waals surface area (Å²) in [6.45, 7) is 0. The first-order chi connectivity index (χ1) is 8.52. The van der Waals surface area contributed by atoms with E-state index in [1.165, 1.54) is 7.05 Å². The van der Waals surface area contributed by atoms with Gasteiger partial charge in [-0.05, 0) is 24.3 Å². The van der Waals surface area contributed by atoms with Gasteiger partial charge in [0, 0.05) is 30.5 Å². The van der Waals surface area contributed by atoms with E-state index in [-0.39, 0.29) is 5.91 Å². The average Bonchev–Trinajstić information content (AvgIpc) is 2.36. The highest BCUT2D eigenvalue weighted by atomic mass is 16.4. The highest BCUT2D eigenvalue weighted by Crippen LogP contribution is 2.09. The Hall–Kier alpha value is -2.63. The number of anilines is 1. The average molecular weight is 248 g/mol. The van der Waals surface area contributed by atoms with Gasteiger partial charge in [0.15, 0.2) is 0 Å². The predicted molar refractivity (Wildman–Crippen MR) is 65.2 cm³/mol. The lowest BCUT2D eigenvalue weighted by Gasteiger charge is -2.03. The first kappa shape index (κ1) is 13.4. The molecule has 1 aromatic rings. The summed E-state index contributed by atoms with van der Waals surface area (Å²) in [5.74, 6) is -1.97. The van der Waals surface area contributed by atoms with Crippen LogP contribution in [0.2, 0.25) is 0 Å². The molecule has 1 aromatic carbocycles. The number of hydrogen-bond donors (Lipinski definition) is 3. The smallest absolute Gasteiger partial charge is 0.328 e. The number of carboxylic acid groups (broad SMARTS) is 1. The summed E-state index contributed by atoms with van der Waals surface area (Å²) in [4.78, 5) is 32.7. The van der Waals surface area contributed by atoms with Crippen LogP contribution in [0.25, 0.3) is 0 Å². The Morgan fingerprint density at radius 1 is 1.11 bits per heavy atom. The molecule has 0 fully saturated rings. The maximum absolute atomic E-state index is 11.3. The summed E-state index contributed by atoms with van der Waals surface area (Å²) in [6, 6.07) is 6.21. The third-order valence-electron chi connectivity index (χ3n) is 2.02. The number of carbonyl (C=O) groups is 3. The molecule has 0 aromatic heterocycles. The van der Waals surface area contributed by atoms with Gasteiger partial charge in [0.1, 0.15) is 0 Å². The van der Waals surface area contributed by atoms with Crippen LogP contribution >= 0.6 is 0 Å². The molecule has 0 saturated carbocycles. The maximum atomic E-state index is 11.3. The number of hydrogen-bond acceptors (Lipinski definition) is 3. The van der Waals surface area contributed by atoms with Crippen LogP contribution in [0.15, 0.2) is 36.4 Å². The Morgan fingerprint density at radius 2 is 1.72 bits per heavy atom. The lowest BCUT2D eigenvalue weighted by Crippen LogP contribution is -2.17. The van der Waals surface area contributed by atoms with E-state index in [2.05, 4.69) is 10.6 Å². The number of rotatable bonds is 4. The second-order valence-electron chi connectivity index (χ2n) is 3.32. The van der Waals surface area contributed by atoms with Gasteiger partial charge < -0.3 is 15.7 Å². The fourth-order valence-corrected chi connectivity index (χ4v) is 1.18. The van der Waals surface area contributed by atoms with Gasteiger partial charge in [-0.25, -0.2) is 4.79 Å². The molecule has 2 amide bonds. The van der Waals surface area contributed by atoms with Gasteiger partial charge in [0.05, 0.1) is 0 Å². The van der Waals surface area contributed by atoms with Crippen LogP contribution in [-0.2, 0) is 9.59 Å². The molecular formula is C12H12N2O4. The minimum atomic E-state index is -1.19. The zero-order chi connectivity index (χ0) is 13.5. The monoisotopic (exact) mass is 248 g/mol. The third kappa shape index (κ3) is 4.09. The van der Waals surface area contributed by atoms with Crippen molar-refractivity contribution in [3.63, 3.8) is 0 Å². The van der Waals surface area contributed by atoms with Crippen LogP contribution in [0.4, 0.5) is 5.69 Å². The topological polar surface area (TPSA) is 95.5 Å². The molecule has 1 rings (SSSR count). The zero-order valence-corrected chi connectivity index (χ0v) is 9.64. The van der Waals surface area contributed by atoms with Crippen molar-refractivity contribution in [2.75, 3.05) is 12.4 Å². The molecule has 0 spiro atoms. The van der Waals surface area contributed by atoms with E-state index in [0.29, 0.717) is 11.3 Å². The van der Waals surface area contributed by atoms with Gasteiger partial charge in [-0.1, -0.05) is 0 Å². The molecule has 18 heavy (non-hydrogen) atoms. The van der Waals surface area contributed by atoms with Crippen molar-refractivity contribution in [3.8, 4) is 0 Å². The summed E-state index contributed by atoms with van der Waals surface area (Å²) >= 11 is 0. The van der Waals surface area contributed by atoms with Gasteiger partial charge in [-0.15, -0.1) is 0 Å². The number of amides is 2. The van der Waals surface area contributed by atoms with Crippen molar-refractivity contribution in [1.29, 1.82) is 0 Å². The Kier molecular flexibility index (Phi) is 4.62. The Labute approximate surface area is 103 Å². The number of nitrogens with one attached hydrogen (secondary N) is 2. The van der Waals surface area contributed by atoms with Crippen molar-refractivity contribution >= 4 is 23.5 Å². The van der Waals surface area contributed by atoms with Gasteiger partial charge in [0.25, 0.3) is 5.91 Å². The molecule has 3 N–H and O–H groups in total. The number of carboxylic acids is 1. The summed E-state index contributed by atoms with van der Waals surface area (Å²) in [7, 11) is 1.52. The van der Waals surface area contributed by atoms with E-state index >= 15 is 0 Å². The Morgan fingerprint density at radius 3 is 2.22 bits per heavy atom. The Bertz CT molecular complexity index is 491. The highest BCUT2D eigenvalue weighted by molar-refractivity contribution is 6.02.